The summed E-state index contributed by atoms with van der Waals surface area (Å²) in [7, 11) is -3.02. The van der Waals surface area contributed by atoms with E-state index >= 15 is 0 Å². The molecule has 0 aliphatic heterocycles. The van der Waals surface area contributed by atoms with Crippen molar-refractivity contribution in [2.45, 2.75) is 32.1 Å². The van der Waals surface area contributed by atoms with Crippen LogP contribution in [0.15, 0.2) is 41.3 Å². The minimum atomic E-state index is -3.02. The van der Waals surface area contributed by atoms with Gasteiger partial charge in [0.15, 0.2) is 0 Å². The molecule has 1 aliphatic carbocycles. The van der Waals surface area contributed by atoms with Crippen molar-refractivity contribution in [2.24, 2.45) is 0 Å². The predicted octanol–water partition coefficient (Wildman–Crippen LogP) is 4.41. The number of hydrogen-bond donors (Lipinski definition) is 3. The van der Waals surface area contributed by atoms with Crippen molar-refractivity contribution in [3.63, 3.8) is 0 Å². The molecule has 0 aromatic heterocycles. The first-order valence-electron chi connectivity index (χ1n) is 6.19. The van der Waals surface area contributed by atoms with Crippen LogP contribution in [0.3, 0.4) is 0 Å². The zero-order chi connectivity index (χ0) is 13.0. The summed E-state index contributed by atoms with van der Waals surface area (Å²) in [6, 6.07) is 9.51. The number of rotatable bonds is 3. The first kappa shape index (κ1) is 13.3. The second-order valence-electron chi connectivity index (χ2n) is 4.55. The van der Waals surface area contributed by atoms with Crippen molar-refractivity contribution in [2.75, 3.05) is 0 Å². The van der Waals surface area contributed by atoms with Crippen LogP contribution >= 0.6 is 10.6 Å². The Morgan fingerprint density at radius 3 is 2.50 bits per heavy atom. The highest BCUT2D eigenvalue weighted by atomic mass is 32.3. The van der Waals surface area contributed by atoms with Crippen LogP contribution in [0, 0.1) is 5.41 Å². The van der Waals surface area contributed by atoms with Crippen molar-refractivity contribution >= 4 is 15.6 Å². The van der Waals surface area contributed by atoms with Crippen LogP contribution in [0.1, 0.15) is 31.2 Å². The molecule has 1 aromatic carbocycles. The van der Waals surface area contributed by atoms with Gasteiger partial charge in [-0.2, -0.15) is 0 Å². The maximum atomic E-state index is 10.2. The van der Waals surface area contributed by atoms with Crippen molar-refractivity contribution in [3.05, 3.63) is 46.9 Å². The third-order valence-corrected chi connectivity index (χ3v) is 5.10. The predicted molar refractivity (Wildman–Crippen MR) is 77.3 cm³/mol. The van der Waals surface area contributed by atoms with Crippen molar-refractivity contribution < 1.29 is 9.11 Å². The molecule has 0 spiro atoms. The Morgan fingerprint density at radius 2 is 1.89 bits per heavy atom. The fraction of sp³-hybridized carbons (Fsp3) is 0.357. The van der Waals surface area contributed by atoms with E-state index in [9.17, 15) is 9.11 Å². The maximum Gasteiger partial charge on any atom is 0.124 e. The number of nitrogens with one attached hydrogen (secondary N) is 1. The SMILES string of the molecule is N=C(Cc1ccccc1)S(O)(O)C1=CCCCC1. The normalized spacial score (nSPS) is 17.1. The molecule has 3 nitrogen and oxygen atoms in total. The lowest BCUT2D eigenvalue weighted by molar-refractivity contribution is 0.505. The van der Waals surface area contributed by atoms with Gasteiger partial charge < -0.3 is 0 Å². The van der Waals surface area contributed by atoms with E-state index in [1.54, 1.807) is 0 Å². The van der Waals surface area contributed by atoms with Gasteiger partial charge in [-0.05, 0) is 31.2 Å². The minimum absolute atomic E-state index is 0.0295. The molecule has 0 bridgehead atoms. The van der Waals surface area contributed by atoms with E-state index in [1.807, 2.05) is 36.4 Å². The zero-order valence-electron chi connectivity index (χ0n) is 10.3. The van der Waals surface area contributed by atoms with E-state index in [-0.39, 0.29) is 5.04 Å². The van der Waals surface area contributed by atoms with Crippen LogP contribution < -0.4 is 0 Å². The Labute approximate surface area is 109 Å². The third kappa shape index (κ3) is 3.02. The fourth-order valence-electron chi connectivity index (χ4n) is 2.11. The topological polar surface area (TPSA) is 64.3 Å². The van der Waals surface area contributed by atoms with Crippen LogP contribution in [0.25, 0.3) is 0 Å². The van der Waals surface area contributed by atoms with Gasteiger partial charge in [0.1, 0.15) is 5.04 Å². The monoisotopic (exact) mass is 265 g/mol. The van der Waals surface area contributed by atoms with Gasteiger partial charge in [0.2, 0.25) is 0 Å². The second kappa shape index (κ2) is 5.69. The second-order valence-corrected chi connectivity index (χ2v) is 6.67. The molecule has 1 aromatic rings. The molecule has 0 unspecified atom stereocenters. The molecule has 0 amide bonds. The molecular formula is C14H19NO2S. The molecule has 0 atom stereocenters. The van der Waals surface area contributed by atoms with Crippen LogP contribution in [0.2, 0.25) is 0 Å². The highest BCUT2D eigenvalue weighted by Crippen LogP contribution is 2.52. The molecule has 4 heteroatoms. The van der Waals surface area contributed by atoms with Gasteiger partial charge in [-0.1, -0.05) is 36.4 Å². The largest absolute Gasteiger partial charge is 0.290 e. The van der Waals surface area contributed by atoms with E-state index < -0.39 is 10.6 Å². The molecule has 0 saturated carbocycles. The van der Waals surface area contributed by atoms with E-state index in [2.05, 4.69) is 0 Å². The lowest BCUT2D eigenvalue weighted by Gasteiger charge is -2.36. The minimum Gasteiger partial charge on any atom is -0.290 e. The average molecular weight is 265 g/mol. The molecule has 0 heterocycles. The lowest BCUT2D eigenvalue weighted by Crippen LogP contribution is -2.16. The van der Waals surface area contributed by atoms with E-state index in [0.717, 1.165) is 24.8 Å². The van der Waals surface area contributed by atoms with Crippen molar-refractivity contribution in [3.8, 4) is 0 Å². The van der Waals surface area contributed by atoms with Crippen molar-refractivity contribution in [1.29, 1.82) is 5.41 Å². The molecule has 3 N–H and O–H groups in total. The molecule has 0 fully saturated rings. The van der Waals surface area contributed by atoms with Gasteiger partial charge in [-0.15, -0.1) is 10.6 Å². The van der Waals surface area contributed by atoms with Gasteiger partial charge in [0.25, 0.3) is 0 Å². The summed E-state index contributed by atoms with van der Waals surface area (Å²) < 4.78 is 20.4. The smallest absolute Gasteiger partial charge is 0.124 e. The summed E-state index contributed by atoms with van der Waals surface area (Å²) in [5, 5.41) is 7.99. The quantitative estimate of drug-likeness (QED) is 0.559. The fourth-order valence-corrected chi connectivity index (χ4v) is 3.57. The van der Waals surface area contributed by atoms with Crippen LogP contribution in [-0.4, -0.2) is 14.1 Å². The Kier molecular flexibility index (Phi) is 4.22. The summed E-state index contributed by atoms with van der Waals surface area (Å²) in [6.07, 6.45) is 5.90. The standard InChI is InChI=1S/C14H19NO2S/c15-14(11-12-7-3-1-4-8-12)18(16,17)13-9-5-2-6-10-13/h1,3-4,7-9,15-17H,2,5-6,10-11H2. The van der Waals surface area contributed by atoms with Crippen molar-refractivity contribution in [1.82, 2.24) is 0 Å². The summed E-state index contributed by atoms with van der Waals surface area (Å²) in [6.45, 7) is 0. The van der Waals surface area contributed by atoms with Crippen LogP contribution in [-0.2, 0) is 6.42 Å². The van der Waals surface area contributed by atoms with Gasteiger partial charge >= 0.3 is 0 Å². The molecule has 1 aliphatic rings. The summed E-state index contributed by atoms with van der Waals surface area (Å²) in [4.78, 5) is 0.662. The highest BCUT2D eigenvalue weighted by molar-refractivity contribution is 8.39. The number of allylic oxidation sites excluding steroid dienone is 2. The molecular weight excluding hydrogens is 246 g/mol. The van der Waals surface area contributed by atoms with Gasteiger partial charge in [0, 0.05) is 11.3 Å². The summed E-state index contributed by atoms with van der Waals surface area (Å²) >= 11 is 0. The first-order valence-corrected chi connectivity index (χ1v) is 7.74. The molecule has 98 valence electrons. The molecule has 18 heavy (non-hydrogen) atoms. The molecule has 0 saturated heterocycles. The maximum absolute atomic E-state index is 10.2. The Balaban J connectivity index is 2.10. The average Bonchev–Trinajstić information content (AvgIpc) is 2.41. The van der Waals surface area contributed by atoms with Crippen LogP contribution in [0.5, 0.6) is 0 Å². The van der Waals surface area contributed by atoms with Gasteiger partial charge in [-0.3, -0.25) is 14.5 Å². The van der Waals surface area contributed by atoms with Crippen LogP contribution in [0.4, 0.5) is 0 Å². The van der Waals surface area contributed by atoms with Gasteiger partial charge in [-0.25, -0.2) is 0 Å². The molecule has 0 radical (unpaired) electrons. The number of benzene rings is 1. The Morgan fingerprint density at radius 1 is 1.17 bits per heavy atom. The zero-order valence-corrected chi connectivity index (χ0v) is 11.1. The van der Waals surface area contributed by atoms with Gasteiger partial charge in [0.05, 0.1) is 0 Å². The third-order valence-electron chi connectivity index (χ3n) is 3.17. The van der Waals surface area contributed by atoms with E-state index in [4.69, 9.17) is 5.41 Å². The molecule has 2 rings (SSSR count). The van der Waals surface area contributed by atoms with E-state index in [1.165, 1.54) is 0 Å². The lowest BCUT2D eigenvalue weighted by atomic mass is 10.1. The van der Waals surface area contributed by atoms with E-state index in [0.29, 0.717) is 17.7 Å². The Bertz CT molecular complexity index is 454. The highest BCUT2D eigenvalue weighted by Gasteiger charge is 2.25. The first-order chi connectivity index (χ1) is 8.60. The summed E-state index contributed by atoms with van der Waals surface area (Å²) in [5.41, 5.74) is 0.943. The Hall–Kier alpha value is -1.10. The number of hydrogen-bond acceptors (Lipinski definition) is 3. The summed E-state index contributed by atoms with van der Waals surface area (Å²) in [5.74, 6) is 0.